The summed E-state index contributed by atoms with van der Waals surface area (Å²) >= 11 is 1.69. The molecule has 0 aliphatic heterocycles. The highest BCUT2D eigenvalue weighted by atomic mass is 32.1. The van der Waals surface area contributed by atoms with Gasteiger partial charge in [-0.25, -0.2) is 4.98 Å². The van der Waals surface area contributed by atoms with E-state index in [-0.39, 0.29) is 0 Å². The second-order valence-corrected chi connectivity index (χ2v) is 5.59. The zero-order valence-corrected chi connectivity index (χ0v) is 11.9. The third-order valence-corrected chi connectivity index (χ3v) is 4.03. The first-order valence-corrected chi connectivity index (χ1v) is 6.92. The Morgan fingerprint density at radius 2 is 2.06 bits per heavy atom. The molecule has 96 valence electrons. The number of thiazole rings is 1. The van der Waals surface area contributed by atoms with Gasteiger partial charge in [0.25, 0.3) is 0 Å². The highest BCUT2D eigenvalue weighted by Gasteiger charge is 2.08. The molecule has 1 aromatic heterocycles. The van der Waals surface area contributed by atoms with Gasteiger partial charge >= 0.3 is 0 Å². The predicted octanol–water partition coefficient (Wildman–Crippen LogP) is 3.31. The highest BCUT2D eigenvalue weighted by molar-refractivity contribution is 7.15. The van der Waals surface area contributed by atoms with E-state index in [1.54, 1.807) is 11.3 Å². The summed E-state index contributed by atoms with van der Waals surface area (Å²) in [5.74, 6) is 0. The number of rotatable bonds is 4. The first-order valence-electron chi connectivity index (χ1n) is 6.11. The molecule has 3 nitrogen and oxygen atoms in total. The van der Waals surface area contributed by atoms with Crippen molar-refractivity contribution in [2.75, 3.05) is 11.9 Å². The van der Waals surface area contributed by atoms with Gasteiger partial charge in [0.1, 0.15) is 0 Å². The van der Waals surface area contributed by atoms with Gasteiger partial charge in [-0.05, 0) is 50.9 Å². The molecule has 18 heavy (non-hydrogen) atoms. The van der Waals surface area contributed by atoms with Crippen LogP contribution in [0.25, 0.3) is 0 Å². The van der Waals surface area contributed by atoms with Crippen LogP contribution in [-0.4, -0.2) is 11.5 Å². The van der Waals surface area contributed by atoms with E-state index in [0.717, 1.165) is 22.9 Å². The van der Waals surface area contributed by atoms with E-state index in [9.17, 15) is 0 Å². The molecule has 0 saturated carbocycles. The van der Waals surface area contributed by atoms with Crippen molar-refractivity contribution in [1.82, 2.24) is 4.98 Å². The summed E-state index contributed by atoms with van der Waals surface area (Å²) in [5.41, 5.74) is 10.3. The Hall–Kier alpha value is -1.39. The van der Waals surface area contributed by atoms with Gasteiger partial charge in [0.2, 0.25) is 0 Å². The molecule has 2 rings (SSSR count). The first kappa shape index (κ1) is 13.1. The Bertz CT molecular complexity index is 546. The lowest BCUT2D eigenvalue weighted by Crippen LogP contribution is -2.01. The molecule has 0 amide bonds. The third kappa shape index (κ3) is 2.89. The molecular weight excluding hydrogens is 242 g/mol. The Morgan fingerprint density at radius 3 is 2.78 bits per heavy atom. The maximum Gasteiger partial charge on any atom is 0.187 e. The molecule has 0 aliphatic carbocycles. The van der Waals surface area contributed by atoms with Crippen LogP contribution in [0.15, 0.2) is 18.2 Å². The standard InChI is InChI=1S/C14H19N3S/c1-9-4-5-10(2)12(8-9)17-14-16-11(3)13(18-14)6-7-15/h4-5,8H,6-7,15H2,1-3H3,(H,16,17). The number of hydrogen-bond donors (Lipinski definition) is 2. The monoisotopic (exact) mass is 261 g/mol. The Kier molecular flexibility index (Phi) is 3.99. The highest BCUT2D eigenvalue weighted by Crippen LogP contribution is 2.27. The maximum absolute atomic E-state index is 5.59. The Balaban J connectivity index is 2.23. The van der Waals surface area contributed by atoms with E-state index >= 15 is 0 Å². The fraction of sp³-hybridized carbons (Fsp3) is 0.357. The van der Waals surface area contributed by atoms with E-state index < -0.39 is 0 Å². The van der Waals surface area contributed by atoms with Gasteiger partial charge in [-0.3, -0.25) is 0 Å². The summed E-state index contributed by atoms with van der Waals surface area (Å²) < 4.78 is 0. The molecule has 1 aromatic carbocycles. The van der Waals surface area contributed by atoms with Crippen molar-refractivity contribution in [3.05, 3.63) is 39.9 Å². The van der Waals surface area contributed by atoms with Crippen LogP contribution < -0.4 is 11.1 Å². The SMILES string of the molecule is Cc1ccc(C)c(Nc2nc(C)c(CCN)s2)c1. The Labute approximate surface area is 112 Å². The van der Waals surface area contributed by atoms with Crippen LogP contribution in [0.2, 0.25) is 0 Å². The number of nitrogens with zero attached hydrogens (tertiary/aromatic N) is 1. The molecule has 2 aromatic rings. The van der Waals surface area contributed by atoms with Crippen LogP contribution in [0.5, 0.6) is 0 Å². The predicted molar refractivity (Wildman–Crippen MR) is 78.8 cm³/mol. The molecule has 0 aliphatic rings. The van der Waals surface area contributed by atoms with E-state index in [2.05, 4.69) is 42.3 Å². The lowest BCUT2D eigenvalue weighted by Gasteiger charge is -2.07. The number of hydrogen-bond acceptors (Lipinski definition) is 4. The quantitative estimate of drug-likeness (QED) is 0.887. The summed E-state index contributed by atoms with van der Waals surface area (Å²) in [5, 5.41) is 4.35. The van der Waals surface area contributed by atoms with Crippen molar-refractivity contribution in [3.8, 4) is 0 Å². The van der Waals surface area contributed by atoms with Crippen LogP contribution in [0, 0.1) is 20.8 Å². The van der Waals surface area contributed by atoms with Gasteiger partial charge < -0.3 is 11.1 Å². The summed E-state index contributed by atoms with van der Waals surface area (Å²) in [4.78, 5) is 5.82. The zero-order chi connectivity index (χ0) is 13.1. The van der Waals surface area contributed by atoms with Crippen LogP contribution in [0.3, 0.4) is 0 Å². The third-order valence-electron chi connectivity index (χ3n) is 2.90. The van der Waals surface area contributed by atoms with Crippen molar-refractivity contribution in [1.29, 1.82) is 0 Å². The van der Waals surface area contributed by atoms with Gasteiger partial charge in [0.15, 0.2) is 5.13 Å². The topological polar surface area (TPSA) is 50.9 Å². The minimum Gasteiger partial charge on any atom is -0.331 e. The molecule has 0 fully saturated rings. The number of aryl methyl sites for hydroxylation is 3. The lowest BCUT2D eigenvalue weighted by molar-refractivity contribution is 0.970. The molecule has 0 unspecified atom stereocenters. The van der Waals surface area contributed by atoms with Crippen molar-refractivity contribution in [3.63, 3.8) is 0 Å². The maximum atomic E-state index is 5.59. The molecular formula is C14H19N3S. The number of benzene rings is 1. The minimum atomic E-state index is 0.673. The van der Waals surface area contributed by atoms with E-state index in [4.69, 9.17) is 5.73 Å². The summed E-state index contributed by atoms with van der Waals surface area (Å²) in [6, 6.07) is 6.39. The average molecular weight is 261 g/mol. The van der Waals surface area contributed by atoms with Crippen LogP contribution in [0.1, 0.15) is 21.7 Å². The number of nitrogens with one attached hydrogen (secondary N) is 1. The molecule has 0 bridgehead atoms. The number of aromatic nitrogens is 1. The van der Waals surface area contributed by atoms with Crippen molar-refractivity contribution < 1.29 is 0 Å². The van der Waals surface area contributed by atoms with E-state index in [0.29, 0.717) is 6.54 Å². The van der Waals surface area contributed by atoms with E-state index in [1.165, 1.54) is 16.0 Å². The molecule has 0 spiro atoms. The van der Waals surface area contributed by atoms with E-state index in [1.807, 2.05) is 6.92 Å². The van der Waals surface area contributed by atoms with Crippen molar-refractivity contribution in [2.45, 2.75) is 27.2 Å². The fourth-order valence-electron chi connectivity index (χ4n) is 1.83. The molecule has 0 radical (unpaired) electrons. The Morgan fingerprint density at radius 1 is 1.28 bits per heavy atom. The van der Waals surface area contributed by atoms with Crippen molar-refractivity contribution in [2.24, 2.45) is 5.73 Å². The number of anilines is 2. The molecule has 0 saturated heterocycles. The van der Waals surface area contributed by atoms with Gasteiger partial charge in [-0.1, -0.05) is 12.1 Å². The van der Waals surface area contributed by atoms with Gasteiger partial charge in [-0.2, -0.15) is 0 Å². The molecule has 4 heteroatoms. The number of nitrogens with two attached hydrogens (primary N) is 1. The van der Waals surface area contributed by atoms with Crippen LogP contribution in [0.4, 0.5) is 10.8 Å². The van der Waals surface area contributed by atoms with Gasteiger partial charge in [0.05, 0.1) is 5.69 Å². The van der Waals surface area contributed by atoms with Gasteiger partial charge in [-0.15, -0.1) is 11.3 Å². The summed E-state index contributed by atoms with van der Waals surface area (Å²) in [6.07, 6.45) is 0.901. The minimum absolute atomic E-state index is 0.673. The second-order valence-electron chi connectivity index (χ2n) is 4.51. The second kappa shape index (κ2) is 5.50. The summed E-state index contributed by atoms with van der Waals surface area (Å²) in [7, 11) is 0. The molecule has 1 heterocycles. The van der Waals surface area contributed by atoms with Gasteiger partial charge in [0, 0.05) is 10.6 Å². The lowest BCUT2D eigenvalue weighted by atomic mass is 10.1. The molecule has 3 N–H and O–H groups in total. The molecule has 0 atom stereocenters. The average Bonchev–Trinajstić information content (AvgIpc) is 2.65. The van der Waals surface area contributed by atoms with Crippen LogP contribution >= 0.6 is 11.3 Å². The first-order chi connectivity index (χ1) is 8.60. The zero-order valence-electron chi connectivity index (χ0n) is 11.1. The largest absolute Gasteiger partial charge is 0.331 e. The fourth-order valence-corrected chi connectivity index (χ4v) is 2.82. The summed E-state index contributed by atoms with van der Waals surface area (Å²) in [6.45, 7) is 6.91. The smallest absolute Gasteiger partial charge is 0.187 e. The normalized spacial score (nSPS) is 10.7. The van der Waals surface area contributed by atoms with Crippen molar-refractivity contribution >= 4 is 22.2 Å². The van der Waals surface area contributed by atoms with Crippen LogP contribution in [-0.2, 0) is 6.42 Å².